The van der Waals surface area contributed by atoms with Crippen LogP contribution in [0.3, 0.4) is 0 Å². The summed E-state index contributed by atoms with van der Waals surface area (Å²) >= 11 is 1.36. The number of carbonyl (C=O) groups excluding carboxylic acids is 2. The number of benzene rings is 1. The van der Waals surface area contributed by atoms with Crippen molar-refractivity contribution in [3.8, 4) is 0 Å². The largest absolute Gasteiger partial charge is 0.352 e. The quantitative estimate of drug-likeness (QED) is 0.838. The minimum atomic E-state index is -0.0700. The van der Waals surface area contributed by atoms with Gasteiger partial charge in [-0.1, -0.05) is 31.9 Å². The van der Waals surface area contributed by atoms with E-state index in [0.29, 0.717) is 23.5 Å². The molecule has 0 bridgehead atoms. The summed E-state index contributed by atoms with van der Waals surface area (Å²) in [7, 11) is 0. The van der Waals surface area contributed by atoms with Gasteiger partial charge in [0.15, 0.2) is 0 Å². The molecule has 23 heavy (non-hydrogen) atoms. The van der Waals surface area contributed by atoms with Gasteiger partial charge in [-0.2, -0.15) is 0 Å². The molecule has 1 saturated carbocycles. The molecular formula is C18H26N2O2S. The maximum Gasteiger partial charge on any atom is 0.234 e. The van der Waals surface area contributed by atoms with Crippen molar-refractivity contribution in [1.82, 2.24) is 5.32 Å². The van der Waals surface area contributed by atoms with Crippen LogP contribution in [-0.2, 0) is 9.59 Å². The highest BCUT2D eigenvalue weighted by Gasteiger charge is 2.22. The third-order valence-corrected chi connectivity index (χ3v) is 5.16. The van der Waals surface area contributed by atoms with E-state index >= 15 is 0 Å². The van der Waals surface area contributed by atoms with Crippen molar-refractivity contribution in [3.05, 3.63) is 29.8 Å². The van der Waals surface area contributed by atoms with Gasteiger partial charge in [0.1, 0.15) is 0 Å². The molecule has 1 aliphatic rings. The highest BCUT2D eigenvalue weighted by Crippen LogP contribution is 2.23. The fourth-order valence-corrected chi connectivity index (χ4v) is 3.56. The smallest absolute Gasteiger partial charge is 0.234 e. The van der Waals surface area contributed by atoms with Crippen LogP contribution in [0.2, 0.25) is 0 Å². The Bertz CT molecular complexity index is 548. The number of rotatable bonds is 6. The number of thioether (sulfide) groups is 1. The van der Waals surface area contributed by atoms with Gasteiger partial charge in [-0.25, -0.2) is 0 Å². The maximum atomic E-state index is 12.0. The number of nitrogens with one attached hydrogen (secondary N) is 2. The molecule has 1 aliphatic carbocycles. The van der Waals surface area contributed by atoms with Gasteiger partial charge >= 0.3 is 0 Å². The number of anilines is 1. The van der Waals surface area contributed by atoms with E-state index in [-0.39, 0.29) is 11.8 Å². The lowest BCUT2D eigenvalue weighted by molar-refractivity contribution is -0.119. The average Bonchev–Trinajstić information content (AvgIpc) is 2.49. The third-order valence-electron chi connectivity index (χ3n) is 4.23. The summed E-state index contributed by atoms with van der Waals surface area (Å²) in [6.45, 7) is 4.19. The fourth-order valence-electron chi connectivity index (χ4n) is 2.94. The van der Waals surface area contributed by atoms with Crippen LogP contribution in [0.1, 0.15) is 38.2 Å². The Balaban J connectivity index is 1.65. The highest BCUT2D eigenvalue weighted by molar-refractivity contribution is 8.00. The van der Waals surface area contributed by atoms with Crippen molar-refractivity contribution in [1.29, 1.82) is 0 Å². The zero-order valence-corrected chi connectivity index (χ0v) is 14.7. The first-order chi connectivity index (χ1) is 11.0. The molecule has 0 aliphatic heterocycles. The number of hydrogen-bond acceptors (Lipinski definition) is 3. The van der Waals surface area contributed by atoms with Crippen LogP contribution < -0.4 is 10.6 Å². The van der Waals surface area contributed by atoms with Crippen LogP contribution in [0.25, 0.3) is 0 Å². The maximum absolute atomic E-state index is 12.0. The minimum Gasteiger partial charge on any atom is -0.352 e. The first-order valence-corrected chi connectivity index (χ1v) is 9.43. The second-order valence-electron chi connectivity index (χ2n) is 6.35. The predicted octanol–water partition coefficient (Wildman–Crippen LogP) is 3.36. The van der Waals surface area contributed by atoms with Crippen LogP contribution in [0, 0.1) is 12.8 Å². The van der Waals surface area contributed by atoms with Gasteiger partial charge in [0.2, 0.25) is 11.8 Å². The first-order valence-electron chi connectivity index (χ1n) is 8.28. The molecule has 4 nitrogen and oxygen atoms in total. The van der Waals surface area contributed by atoms with Crippen molar-refractivity contribution in [2.24, 2.45) is 5.92 Å². The zero-order valence-electron chi connectivity index (χ0n) is 13.9. The second kappa shape index (κ2) is 8.96. The summed E-state index contributed by atoms with van der Waals surface area (Å²) in [6, 6.07) is 8.00. The van der Waals surface area contributed by atoms with E-state index in [9.17, 15) is 9.59 Å². The molecule has 126 valence electrons. The Labute approximate surface area is 142 Å². The van der Waals surface area contributed by atoms with Crippen molar-refractivity contribution in [2.75, 3.05) is 16.8 Å². The third kappa shape index (κ3) is 6.26. The van der Waals surface area contributed by atoms with Gasteiger partial charge in [-0.3, -0.25) is 9.59 Å². The molecule has 1 aromatic carbocycles. The Morgan fingerprint density at radius 1 is 1.17 bits per heavy atom. The molecule has 0 unspecified atom stereocenters. The molecule has 5 heteroatoms. The van der Waals surface area contributed by atoms with Gasteiger partial charge < -0.3 is 10.6 Å². The molecule has 2 atom stereocenters. The van der Waals surface area contributed by atoms with Crippen LogP contribution >= 0.6 is 11.8 Å². The van der Waals surface area contributed by atoms with Crippen molar-refractivity contribution >= 4 is 29.3 Å². The average molecular weight is 334 g/mol. The van der Waals surface area contributed by atoms with Crippen molar-refractivity contribution in [2.45, 2.75) is 45.6 Å². The normalized spacial score (nSPS) is 20.8. The summed E-state index contributed by atoms with van der Waals surface area (Å²) in [4.78, 5) is 23.9. The number of hydrogen-bond donors (Lipinski definition) is 2. The first kappa shape index (κ1) is 17.9. The Hall–Kier alpha value is -1.49. The van der Waals surface area contributed by atoms with Crippen LogP contribution in [0.4, 0.5) is 5.69 Å². The van der Waals surface area contributed by atoms with Gasteiger partial charge in [0, 0.05) is 11.7 Å². The molecule has 2 N–H and O–H groups in total. The Morgan fingerprint density at radius 2 is 1.91 bits per heavy atom. The van der Waals surface area contributed by atoms with E-state index in [2.05, 4.69) is 17.6 Å². The van der Waals surface area contributed by atoms with E-state index in [0.717, 1.165) is 17.7 Å². The summed E-state index contributed by atoms with van der Waals surface area (Å²) < 4.78 is 0. The number of carbonyl (C=O) groups is 2. The van der Waals surface area contributed by atoms with Gasteiger partial charge in [0.05, 0.1) is 11.5 Å². The molecule has 0 radical (unpaired) electrons. The molecule has 2 amide bonds. The standard InChI is InChI=1S/C18H26N2O2S/c1-13-6-5-8-15(10-13)19-17(21)11-23-12-18(22)20-16-9-4-3-7-14(16)2/h5-6,8,10,14,16H,3-4,7,9,11-12H2,1-2H3,(H,19,21)(H,20,22)/t14-,16-/m1/s1. The molecular weight excluding hydrogens is 308 g/mol. The van der Waals surface area contributed by atoms with Crippen LogP contribution in [-0.4, -0.2) is 29.4 Å². The van der Waals surface area contributed by atoms with Gasteiger partial charge in [-0.15, -0.1) is 11.8 Å². The molecule has 2 rings (SSSR count). The SMILES string of the molecule is Cc1cccc(NC(=O)CSCC(=O)N[C@@H]2CCCC[C@H]2C)c1. The number of aryl methyl sites for hydroxylation is 1. The highest BCUT2D eigenvalue weighted by atomic mass is 32.2. The molecule has 0 aromatic heterocycles. The molecule has 1 fully saturated rings. The predicted molar refractivity (Wildman–Crippen MR) is 96.7 cm³/mol. The molecule has 1 aromatic rings. The van der Waals surface area contributed by atoms with Crippen molar-refractivity contribution in [3.63, 3.8) is 0 Å². The minimum absolute atomic E-state index is 0.0390. The molecule has 0 saturated heterocycles. The Morgan fingerprint density at radius 3 is 2.65 bits per heavy atom. The molecule has 0 spiro atoms. The van der Waals surface area contributed by atoms with E-state index < -0.39 is 0 Å². The number of amides is 2. The topological polar surface area (TPSA) is 58.2 Å². The zero-order chi connectivity index (χ0) is 16.7. The summed E-state index contributed by atoms with van der Waals surface area (Å²) in [6.07, 6.45) is 4.73. The lowest BCUT2D eigenvalue weighted by Crippen LogP contribution is -2.42. The Kier molecular flexibility index (Phi) is 6.96. The van der Waals surface area contributed by atoms with Crippen LogP contribution in [0.5, 0.6) is 0 Å². The van der Waals surface area contributed by atoms with E-state index in [4.69, 9.17) is 0 Å². The lowest BCUT2D eigenvalue weighted by Gasteiger charge is -2.29. The summed E-state index contributed by atoms with van der Waals surface area (Å²) in [5, 5.41) is 5.96. The van der Waals surface area contributed by atoms with Gasteiger partial charge in [-0.05, 0) is 43.4 Å². The second-order valence-corrected chi connectivity index (χ2v) is 7.33. The monoisotopic (exact) mass is 334 g/mol. The molecule has 0 heterocycles. The van der Waals surface area contributed by atoms with Crippen molar-refractivity contribution < 1.29 is 9.59 Å². The van der Waals surface area contributed by atoms with Gasteiger partial charge in [0.25, 0.3) is 0 Å². The van der Waals surface area contributed by atoms with E-state index in [1.165, 1.54) is 31.0 Å². The summed E-state index contributed by atoms with van der Waals surface area (Å²) in [5.41, 5.74) is 1.91. The van der Waals surface area contributed by atoms with E-state index in [1.54, 1.807) is 0 Å². The van der Waals surface area contributed by atoms with E-state index in [1.807, 2.05) is 31.2 Å². The van der Waals surface area contributed by atoms with Crippen LogP contribution in [0.15, 0.2) is 24.3 Å². The fraction of sp³-hybridized carbons (Fsp3) is 0.556. The summed E-state index contributed by atoms with van der Waals surface area (Å²) in [5.74, 6) is 1.16. The lowest BCUT2D eigenvalue weighted by atomic mass is 9.86.